The third-order valence-electron chi connectivity index (χ3n) is 1.99. The summed E-state index contributed by atoms with van der Waals surface area (Å²) >= 11 is 0. The Hall–Kier alpha value is -1.83. The largest absolute Gasteiger partial charge is 0.463 e. The molecule has 1 aromatic carbocycles. The minimum atomic E-state index is 0.814. The Morgan fingerprint density at radius 3 is 2.57 bits per heavy atom. The number of furan rings is 1. The third-order valence-corrected chi connectivity index (χ3v) is 1.99. The highest BCUT2D eigenvalue weighted by atomic mass is 16.3. The van der Waals surface area contributed by atoms with E-state index in [1.807, 2.05) is 43.3 Å². The second-order valence-electron chi connectivity index (χ2n) is 3.06. The van der Waals surface area contributed by atoms with Crippen molar-refractivity contribution < 1.29 is 4.42 Å². The maximum atomic E-state index is 5.24. The van der Waals surface area contributed by atoms with Gasteiger partial charge in [-0.15, -0.1) is 0 Å². The molecule has 0 fully saturated rings. The smallest absolute Gasteiger partial charge is 0.147 e. The van der Waals surface area contributed by atoms with Gasteiger partial charge in [0.25, 0.3) is 0 Å². The summed E-state index contributed by atoms with van der Waals surface area (Å²) in [6, 6.07) is 11.7. The molecule has 0 saturated heterocycles. The van der Waals surface area contributed by atoms with E-state index in [0.717, 1.165) is 17.0 Å². The van der Waals surface area contributed by atoms with Gasteiger partial charge in [-0.3, -0.25) is 4.99 Å². The molecule has 1 heterocycles. The lowest BCUT2D eigenvalue weighted by Crippen LogP contribution is -1.78. The summed E-state index contributed by atoms with van der Waals surface area (Å²) in [6.45, 7) is 2.00. The zero-order valence-electron chi connectivity index (χ0n) is 7.97. The highest BCUT2D eigenvalue weighted by Gasteiger charge is 1.96. The van der Waals surface area contributed by atoms with Crippen LogP contribution in [-0.4, -0.2) is 6.21 Å². The molecule has 0 N–H and O–H groups in total. The van der Waals surface area contributed by atoms with Gasteiger partial charge in [-0.2, -0.15) is 0 Å². The molecule has 0 saturated carbocycles. The van der Waals surface area contributed by atoms with Crippen LogP contribution in [0.25, 0.3) is 0 Å². The molecule has 0 bridgehead atoms. The molecule has 0 spiro atoms. The van der Waals surface area contributed by atoms with Crippen molar-refractivity contribution in [2.24, 2.45) is 4.99 Å². The average molecular weight is 185 g/mol. The van der Waals surface area contributed by atoms with Crippen LogP contribution < -0.4 is 0 Å². The summed E-state index contributed by atoms with van der Waals surface area (Å²) in [5.74, 6) is 0.814. The Bertz CT molecular complexity index is 429. The molecule has 0 unspecified atom stereocenters. The topological polar surface area (TPSA) is 25.5 Å². The van der Waals surface area contributed by atoms with Crippen LogP contribution in [-0.2, 0) is 0 Å². The van der Waals surface area contributed by atoms with Gasteiger partial charge < -0.3 is 4.42 Å². The number of para-hydroxylation sites is 1. The number of rotatable bonds is 2. The lowest BCUT2D eigenvalue weighted by Gasteiger charge is -1.91. The quantitative estimate of drug-likeness (QED) is 0.659. The maximum Gasteiger partial charge on any atom is 0.147 e. The number of aliphatic imine (C=N–C) groups is 1. The van der Waals surface area contributed by atoms with Crippen molar-refractivity contribution in [1.82, 2.24) is 0 Å². The number of nitrogens with zero attached hydrogens (tertiary/aromatic N) is 1. The van der Waals surface area contributed by atoms with Gasteiger partial charge >= 0.3 is 0 Å². The first-order valence-corrected chi connectivity index (χ1v) is 4.49. The number of hydrogen-bond donors (Lipinski definition) is 0. The van der Waals surface area contributed by atoms with Crippen LogP contribution in [0.15, 0.2) is 52.1 Å². The molecular weight excluding hydrogens is 174 g/mol. The SMILES string of the molecule is Cc1ccoc1C=Nc1ccccc1. The van der Waals surface area contributed by atoms with Crippen LogP contribution in [0.3, 0.4) is 0 Å². The Labute approximate surface area is 82.9 Å². The van der Waals surface area contributed by atoms with E-state index >= 15 is 0 Å². The lowest BCUT2D eigenvalue weighted by atomic mass is 10.3. The van der Waals surface area contributed by atoms with Gasteiger partial charge in [-0.25, -0.2) is 0 Å². The van der Waals surface area contributed by atoms with E-state index in [-0.39, 0.29) is 0 Å². The molecule has 1 aromatic heterocycles. The van der Waals surface area contributed by atoms with Crippen molar-refractivity contribution in [3.63, 3.8) is 0 Å². The Morgan fingerprint density at radius 1 is 1.14 bits per heavy atom. The van der Waals surface area contributed by atoms with Crippen molar-refractivity contribution >= 4 is 11.9 Å². The van der Waals surface area contributed by atoms with Crippen molar-refractivity contribution in [3.05, 3.63) is 54.0 Å². The molecule has 2 heteroatoms. The standard InChI is InChI=1S/C12H11NO/c1-10-7-8-14-12(10)9-13-11-5-3-2-4-6-11/h2-9H,1H3. The molecule has 14 heavy (non-hydrogen) atoms. The fourth-order valence-corrected chi connectivity index (χ4v) is 1.16. The molecule has 70 valence electrons. The minimum Gasteiger partial charge on any atom is -0.463 e. The van der Waals surface area contributed by atoms with Crippen LogP contribution in [0.1, 0.15) is 11.3 Å². The van der Waals surface area contributed by atoms with Crippen LogP contribution in [0.5, 0.6) is 0 Å². The van der Waals surface area contributed by atoms with E-state index < -0.39 is 0 Å². The van der Waals surface area contributed by atoms with Gasteiger partial charge in [0.1, 0.15) is 5.76 Å². The first kappa shape index (κ1) is 8.75. The molecule has 0 atom stereocenters. The van der Waals surface area contributed by atoms with Crippen LogP contribution >= 0.6 is 0 Å². The zero-order valence-corrected chi connectivity index (χ0v) is 7.97. The fraction of sp³-hybridized carbons (Fsp3) is 0.0833. The number of benzene rings is 1. The van der Waals surface area contributed by atoms with Crippen molar-refractivity contribution in [2.45, 2.75) is 6.92 Å². The highest BCUT2D eigenvalue weighted by Crippen LogP contribution is 2.11. The summed E-state index contributed by atoms with van der Waals surface area (Å²) < 4.78 is 5.24. The molecule has 2 nitrogen and oxygen atoms in total. The minimum absolute atomic E-state index is 0.814. The Balaban J connectivity index is 2.20. The molecule has 0 aliphatic heterocycles. The number of aryl methyl sites for hydroxylation is 1. The first-order chi connectivity index (χ1) is 6.86. The van der Waals surface area contributed by atoms with Gasteiger partial charge in [0.05, 0.1) is 18.2 Å². The maximum absolute atomic E-state index is 5.24. The molecule has 2 aromatic rings. The Kier molecular flexibility index (Phi) is 2.45. The summed E-state index contributed by atoms with van der Waals surface area (Å²) in [7, 11) is 0. The van der Waals surface area contributed by atoms with Gasteiger partial charge in [0, 0.05) is 0 Å². The van der Waals surface area contributed by atoms with Crippen molar-refractivity contribution in [2.75, 3.05) is 0 Å². The highest BCUT2D eigenvalue weighted by molar-refractivity contribution is 5.80. The predicted molar refractivity (Wildman–Crippen MR) is 57.1 cm³/mol. The lowest BCUT2D eigenvalue weighted by molar-refractivity contribution is 0.558. The Morgan fingerprint density at radius 2 is 1.93 bits per heavy atom. The summed E-state index contributed by atoms with van der Waals surface area (Å²) in [5, 5.41) is 0. The molecule has 2 rings (SSSR count). The second kappa shape index (κ2) is 3.92. The van der Waals surface area contributed by atoms with Gasteiger partial charge in [-0.1, -0.05) is 18.2 Å². The van der Waals surface area contributed by atoms with Crippen LogP contribution in [0.4, 0.5) is 5.69 Å². The average Bonchev–Trinajstić information content (AvgIpc) is 2.63. The predicted octanol–water partition coefficient (Wildman–Crippen LogP) is 3.34. The van der Waals surface area contributed by atoms with Crippen molar-refractivity contribution in [3.8, 4) is 0 Å². The van der Waals surface area contributed by atoms with E-state index in [4.69, 9.17) is 4.42 Å². The van der Waals surface area contributed by atoms with E-state index in [1.165, 1.54) is 0 Å². The summed E-state index contributed by atoms with van der Waals surface area (Å²) in [4.78, 5) is 4.29. The fourth-order valence-electron chi connectivity index (χ4n) is 1.16. The van der Waals surface area contributed by atoms with Crippen LogP contribution in [0, 0.1) is 6.92 Å². The first-order valence-electron chi connectivity index (χ1n) is 4.49. The van der Waals surface area contributed by atoms with E-state index in [0.29, 0.717) is 0 Å². The molecule has 0 aliphatic rings. The second-order valence-corrected chi connectivity index (χ2v) is 3.06. The molecule has 0 radical (unpaired) electrons. The van der Waals surface area contributed by atoms with Gasteiger partial charge in [0.15, 0.2) is 0 Å². The summed E-state index contributed by atoms with van der Waals surface area (Å²) in [6.07, 6.45) is 3.41. The molecular formula is C12H11NO. The third kappa shape index (κ3) is 1.91. The summed E-state index contributed by atoms with van der Waals surface area (Å²) in [5.41, 5.74) is 2.04. The monoisotopic (exact) mass is 185 g/mol. The van der Waals surface area contributed by atoms with E-state index in [1.54, 1.807) is 12.5 Å². The van der Waals surface area contributed by atoms with Gasteiger partial charge in [-0.05, 0) is 30.7 Å². The molecule has 0 amide bonds. The van der Waals surface area contributed by atoms with Crippen molar-refractivity contribution in [1.29, 1.82) is 0 Å². The van der Waals surface area contributed by atoms with Gasteiger partial charge in [0.2, 0.25) is 0 Å². The number of hydrogen-bond acceptors (Lipinski definition) is 2. The normalized spacial score (nSPS) is 10.9. The molecule has 0 aliphatic carbocycles. The zero-order chi connectivity index (χ0) is 9.80. The van der Waals surface area contributed by atoms with E-state index in [2.05, 4.69) is 4.99 Å². The van der Waals surface area contributed by atoms with E-state index in [9.17, 15) is 0 Å². The van der Waals surface area contributed by atoms with Crippen LogP contribution in [0.2, 0.25) is 0 Å².